The van der Waals surface area contributed by atoms with Gasteiger partial charge in [0.05, 0.1) is 18.2 Å². The van der Waals surface area contributed by atoms with Crippen LogP contribution in [0.25, 0.3) is 0 Å². The number of aliphatic hydroxyl groups is 2. The van der Waals surface area contributed by atoms with Gasteiger partial charge in [0.1, 0.15) is 0 Å². The monoisotopic (exact) mass is 209 g/mol. The molecule has 1 rings (SSSR count). The van der Waals surface area contributed by atoms with Crippen LogP contribution in [0.1, 0.15) is 13.3 Å². The first-order chi connectivity index (χ1) is 5.95. The Hall–Kier alpha value is -0.170. The van der Waals surface area contributed by atoms with E-state index < -0.39 is 29.1 Å². The number of hydrogen-bond donors (Lipinski definition) is 3. The van der Waals surface area contributed by atoms with Gasteiger partial charge < -0.3 is 10.2 Å². The van der Waals surface area contributed by atoms with Crippen molar-refractivity contribution in [3.8, 4) is 0 Å². The molecule has 0 spiro atoms. The van der Waals surface area contributed by atoms with Crippen LogP contribution in [0.4, 0.5) is 0 Å². The number of hydrogen-bond acceptors (Lipinski definition) is 4. The molecule has 4 atom stereocenters. The zero-order chi connectivity index (χ0) is 10.2. The average Bonchev–Trinajstić information content (AvgIpc) is 2.31. The molecule has 13 heavy (non-hydrogen) atoms. The summed E-state index contributed by atoms with van der Waals surface area (Å²) in [5.74, 6) is -0.0580. The normalized spacial score (nSPS) is 40.5. The molecule has 0 aromatic carbocycles. The summed E-state index contributed by atoms with van der Waals surface area (Å²) < 4.78 is 22.3. The Morgan fingerprint density at radius 1 is 1.31 bits per heavy atom. The summed E-state index contributed by atoms with van der Waals surface area (Å²) in [7, 11) is -1.27. The number of likely N-dealkylation sites (N-methyl/N-ethyl adjacent to an activating group) is 1. The summed E-state index contributed by atoms with van der Waals surface area (Å²) in [6.07, 6.45) is -1.28. The van der Waals surface area contributed by atoms with Crippen molar-refractivity contribution in [3.63, 3.8) is 0 Å². The van der Waals surface area contributed by atoms with Gasteiger partial charge in [0.2, 0.25) is 10.9 Å². The fraction of sp³-hybridized carbons (Fsp3) is 1.00. The molecule has 0 heterocycles. The summed E-state index contributed by atoms with van der Waals surface area (Å²) in [6.45, 7) is 1.79. The van der Waals surface area contributed by atoms with Crippen LogP contribution in [-0.4, -0.2) is 48.2 Å². The molecule has 2 N–H and O–H groups in total. The van der Waals surface area contributed by atoms with Crippen molar-refractivity contribution in [3.05, 3.63) is 0 Å². The summed E-state index contributed by atoms with van der Waals surface area (Å²) in [5.41, 5.74) is 0. The van der Waals surface area contributed by atoms with Gasteiger partial charge in [-0.3, -0.25) is 0 Å². The van der Waals surface area contributed by atoms with Crippen molar-refractivity contribution < 1.29 is 18.6 Å². The summed E-state index contributed by atoms with van der Waals surface area (Å²) in [6, 6.07) is -0.480. The highest BCUT2D eigenvalue weighted by Crippen LogP contribution is 2.29. The van der Waals surface area contributed by atoms with Crippen LogP contribution < -0.4 is 0 Å². The SMILES string of the molecule is C[C@@H]1C[C@H](N(C)[SH](=O)=O)[C@@H](O)[C@H]1O. The molecule has 0 aromatic rings. The largest absolute Gasteiger partial charge is 0.390 e. The van der Waals surface area contributed by atoms with Crippen LogP contribution >= 0.6 is 0 Å². The minimum atomic E-state index is -2.68. The van der Waals surface area contributed by atoms with Gasteiger partial charge in [0.15, 0.2) is 0 Å². The highest BCUT2D eigenvalue weighted by molar-refractivity contribution is 7.69. The van der Waals surface area contributed by atoms with Gasteiger partial charge in [0, 0.05) is 7.05 Å². The summed E-state index contributed by atoms with van der Waals surface area (Å²) in [5, 5.41) is 18.9. The fourth-order valence-corrected chi connectivity index (χ4v) is 2.19. The lowest BCUT2D eigenvalue weighted by Crippen LogP contribution is -2.40. The van der Waals surface area contributed by atoms with Crippen molar-refractivity contribution in [2.45, 2.75) is 31.6 Å². The van der Waals surface area contributed by atoms with Crippen LogP contribution in [-0.2, 0) is 10.9 Å². The van der Waals surface area contributed by atoms with E-state index in [4.69, 9.17) is 0 Å². The van der Waals surface area contributed by atoms with Crippen molar-refractivity contribution >= 4 is 10.9 Å². The number of nitrogens with zero attached hydrogens (tertiary/aromatic N) is 1. The van der Waals surface area contributed by atoms with E-state index in [2.05, 4.69) is 0 Å². The van der Waals surface area contributed by atoms with Gasteiger partial charge in [-0.05, 0) is 12.3 Å². The summed E-state index contributed by atoms with van der Waals surface area (Å²) in [4.78, 5) is 0. The Morgan fingerprint density at radius 2 is 1.85 bits per heavy atom. The van der Waals surface area contributed by atoms with Crippen LogP contribution in [0, 0.1) is 5.92 Å². The predicted octanol–water partition coefficient (Wildman–Crippen LogP) is -1.43. The van der Waals surface area contributed by atoms with Gasteiger partial charge in [-0.15, -0.1) is 0 Å². The predicted molar refractivity (Wildman–Crippen MR) is 47.7 cm³/mol. The molecule has 0 unspecified atom stereocenters. The van der Waals surface area contributed by atoms with Gasteiger partial charge in [-0.25, -0.2) is 12.7 Å². The zero-order valence-corrected chi connectivity index (χ0v) is 8.52. The molecule has 1 aliphatic carbocycles. The van der Waals surface area contributed by atoms with Crippen LogP contribution in [0.5, 0.6) is 0 Å². The first-order valence-electron chi connectivity index (χ1n) is 4.18. The van der Waals surface area contributed by atoms with E-state index in [0.29, 0.717) is 6.42 Å². The zero-order valence-electron chi connectivity index (χ0n) is 7.62. The Morgan fingerprint density at radius 3 is 2.15 bits per heavy atom. The molecule has 5 nitrogen and oxygen atoms in total. The second-order valence-electron chi connectivity index (χ2n) is 3.57. The van der Waals surface area contributed by atoms with E-state index in [-0.39, 0.29) is 5.92 Å². The van der Waals surface area contributed by atoms with Crippen molar-refractivity contribution in [2.24, 2.45) is 5.92 Å². The highest BCUT2D eigenvalue weighted by atomic mass is 32.2. The lowest BCUT2D eigenvalue weighted by molar-refractivity contribution is 0.00666. The van der Waals surface area contributed by atoms with E-state index in [0.717, 1.165) is 4.31 Å². The molecule has 78 valence electrons. The molecule has 0 radical (unpaired) electrons. The Kier molecular flexibility index (Phi) is 3.28. The van der Waals surface area contributed by atoms with E-state index in [9.17, 15) is 18.6 Å². The quantitative estimate of drug-likeness (QED) is 0.488. The van der Waals surface area contributed by atoms with E-state index >= 15 is 0 Å². The molecular formula is C7H15NO4S. The second kappa shape index (κ2) is 3.91. The van der Waals surface area contributed by atoms with Crippen LogP contribution in [0.3, 0.4) is 0 Å². The van der Waals surface area contributed by atoms with Gasteiger partial charge in [0.25, 0.3) is 0 Å². The Balaban J connectivity index is 2.73. The van der Waals surface area contributed by atoms with Gasteiger partial charge >= 0.3 is 0 Å². The lowest BCUT2D eigenvalue weighted by atomic mass is 10.1. The van der Waals surface area contributed by atoms with Gasteiger partial charge in [-0.1, -0.05) is 6.92 Å². The molecule has 1 fully saturated rings. The van der Waals surface area contributed by atoms with Crippen LogP contribution in [0.2, 0.25) is 0 Å². The number of aliphatic hydroxyl groups excluding tert-OH is 2. The molecule has 0 amide bonds. The Labute approximate surface area is 79.1 Å². The first kappa shape index (κ1) is 10.9. The third-order valence-corrected chi connectivity index (χ3v) is 3.49. The third-order valence-electron chi connectivity index (χ3n) is 2.68. The minimum absolute atomic E-state index is 0.0580. The molecule has 1 aliphatic rings. The average molecular weight is 209 g/mol. The van der Waals surface area contributed by atoms with Crippen LogP contribution in [0.15, 0.2) is 0 Å². The maximum Gasteiger partial charge on any atom is 0.204 e. The maximum atomic E-state index is 10.6. The molecule has 0 bridgehead atoms. The highest BCUT2D eigenvalue weighted by Gasteiger charge is 2.41. The van der Waals surface area contributed by atoms with E-state index in [1.54, 1.807) is 6.92 Å². The fourth-order valence-electron chi connectivity index (χ4n) is 1.72. The molecule has 1 saturated carbocycles. The second-order valence-corrected chi connectivity index (χ2v) is 4.68. The molecule has 0 aliphatic heterocycles. The van der Waals surface area contributed by atoms with Crippen molar-refractivity contribution in [1.82, 2.24) is 4.31 Å². The third kappa shape index (κ3) is 2.01. The summed E-state index contributed by atoms with van der Waals surface area (Å²) >= 11 is 0. The number of rotatable bonds is 2. The van der Waals surface area contributed by atoms with E-state index in [1.165, 1.54) is 7.05 Å². The van der Waals surface area contributed by atoms with Crippen molar-refractivity contribution in [1.29, 1.82) is 0 Å². The Bertz CT molecular complexity index is 247. The van der Waals surface area contributed by atoms with Gasteiger partial charge in [-0.2, -0.15) is 0 Å². The lowest BCUT2D eigenvalue weighted by Gasteiger charge is -2.21. The van der Waals surface area contributed by atoms with Crippen molar-refractivity contribution in [2.75, 3.05) is 7.05 Å². The van der Waals surface area contributed by atoms with E-state index in [1.807, 2.05) is 0 Å². The molecule has 6 heteroatoms. The molecular weight excluding hydrogens is 194 g/mol. The number of thiol groups is 1. The molecule has 0 aromatic heterocycles. The first-order valence-corrected chi connectivity index (χ1v) is 5.31. The standard InChI is InChI=1S/C7H15NO4S/c1-4-3-5(7(10)6(4)9)8(2)13(11)12/h4-7,9-10,13H,3H2,1-2H3/t4-,5+,6+,7-/m1/s1. The maximum absolute atomic E-state index is 10.6. The minimum Gasteiger partial charge on any atom is -0.390 e. The molecule has 0 saturated heterocycles. The topological polar surface area (TPSA) is 77.8 Å². The smallest absolute Gasteiger partial charge is 0.204 e.